The van der Waals surface area contributed by atoms with Crippen LogP contribution >= 0.6 is 0 Å². The lowest BCUT2D eigenvalue weighted by Gasteiger charge is -2.25. The van der Waals surface area contributed by atoms with Crippen LogP contribution in [0.3, 0.4) is 0 Å². The van der Waals surface area contributed by atoms with Crippen molar-refractivity contribution in [1.82, 2.24) is 5.32 Å². The van der Waals surface area contributed by atoms with Crippen molar-refractivity contribution in [3.8, 4) is 0 Å². The topological polar surface area (TPSA) is 86.6 Å². The van der Waals surface area contributed by atoms with Gasteiger partial charge in [0, 0.05) is 11.6 Å². The van der Waals surface area contributed by atoms with Crippen molar-refractivity contribution in [2.45, 2.75) is 25.4 Å². The van der Waals surface area contributed by atoms with Gasteiger partial charge in [-0.2, -0.15) is 0 Å². The molecule has 0 heterocycles. The van der Waals surface area contributed by atoms with Gasteiger partial charge in [-0.1, -0.05) is 6.07 Å². The van der Waals surface area contributed by atoms with Gasteiger partial charge in [-0.25, -0.2) is 8.78 Å². The number of carboxylic acid groups (broad SMARTS) is 1. The van der Waals surface area contributed by atoms with E-state index in [1.165, 1.54) is 6.92 Å². The van der Waals surface area contributed by atoms with E-state index in [2.05, 4.69) is 5.32 Å². The largest absolute Gasteiger partial charge is 0.480 e. The Morgan fingerprint density at radius 3 is 2.48 bits per heavy atom. The van der Waals surface area contributed by atoms with Crippen LogP contribution in [0.25, 0.3) is 0 Å². The van der Waals surface area contributed by atoms with E-state index < -0.39 is 34.5 Å². The summed E-state index contributed by atoms with van der Waals surface area (Å²) in [5, 5.41) is 21.5. The van der Waals surface area contributed by atoms with Gasteiger partial charge in [-0.3, -0.25) is 9.59 Å². The first-order valence-electron chi connectivity index (χ1n) is 6.39. The molecular formula is C14H15F2NO4. The van der Waals surface area contributed by atoms with Crippen LogP contribution in [0.5, 0.6) is 0 Å². The first-order chi connectivity index (χ1) is 9.69. The molecule has 2 rings (SSSR count). The molecule has 1 aliphatic carbocycles. The predicted molar refractivity (Wildman–Crippen MR) is 68.2 cm³/mol. The molecule has 1 saturated carbocycles. The molecule has 1 fully saturated rings. The second-order valence-electron chi connectivity index (χ2n) is 5.47. The maximum absolute atomic E-state index is 13.6. The minimum Gasteiger partial charge on any atom is -0.480 e. The van der Waals surface area contributed by atoms with Gasteiger partial charge < -0.3 is 15.5 Å². The number of amides is 1. The highest BCUT2D eigenvalue weighted by atomic mass is 19.1. The Labute approximate surface area is 119 Å². The molecule has 1 amide bonds. The zero-order chi connectivity index (χ0) is 15.8. The molecule has 0 aliphatic heterocycles. The van der Waals surface area contributed by atoms with Crippen LogP contribution in [0.15, 0.2) is 18.2 Å². The molecule has 7 heteroatoms. The number of carboxylic acids is 1. The highest BCUT2D eigenvalue weighted by Gasteiger charge is 2.57. The Balaban J connectivity index is 2.08. The summed E-state index contributed by atoms with van der Waals surface area (Å²) in [4.78, 5) is 22.8. The smallest absolute Gasteiger partial charge is 0.319 e. The van der Waals surface area contributed by atoms with E-state index in [0.717, 1.165) is 12.1 Å². The first kappa shape index (κ1) is 15.4. The Hall–Kier alpha value is -2.02. The lowest BCUT2D eigenvalue weighted by Crippen LogP contribution is -2.44. The molecule has 1 aromatic carbocycles. The van der Waals surface area contributed by atoms with Crippen LogP contribution < -0.4 is 5.32 Å². The number of benzene rings is 1. The van der Waals surface area contributed by atoms with Gasteiger partial charge >= 0.3 is 5.97 Å². The average molecular weight is 299 g/mol. The molecule has 1 aliphatic rings. The first-order valence-corrected chi connectivity index (χ1v) is 6.39. The van der Waals surface area contributed by atoms with Gasteiger partial charge in [0.1, 0.15) is 22.7 Å². The lowest BCUT2D eigenvalue weighted by molar-refractivity contribution is -0.149. The summed E-state index contributed by atoms with van der Waals surface area (Å²) >= 11 is 0. The molecular weight excluding hydrogens is 284 g/mol. The standard InChI is InChI=1S/C14H15F2NO4/c1-13(21,9-3-2-8(15)6-10(9)16)7-17-11(18)14(4-5-14)12(19)20/h2-3,6,21H,4-5,7H2,1H3,(H,17,18)(H,19,20)/t13-/m1/s1. The molecule has 3 N–H and O–H groups in total. The Kier molecular flexibility index (Phi) is 3.71. The zero-order valence-electron chi connectivity index (χ0n) is 11.3. The summed E-state index contributed by atoms with van der Waals surface area (Å²) in [6, 6.07) is 2.71. The molecule has 0 saturated heterocycles. The van der Waals surface area contributed by atoms with E-state index in [9.17, 15) is 23.5 Å². The summed E-state index contributed by atoms with van der Waals surface area (Å²) in [5.74, 6) is -3.64. The molecule has 0 unspecified atom stereocenters. The van der Waals surface area contributed by atoms with E-state index in [1.54, 1.807) is 0 Å². The van der Waals surface area contributed by atoms with Gasteiger partial charge in [0.25, 0.3) is 0 Å². The number of hydrogen-bond donors (Lipinski definition) is 3. The Morgan fingerprint density at radius 1 is 1.38 bits per heavy atom. The lowest BCUT2D eigenvalue weighted by atomic mass is 9.94. The maximum atomic E-state index is 13.6. The summed E-state index contributed by atoms with van der Waals surface area (Å²) in [5.41, 5.74) is -3.39. The third kappa shape index (κ3) is 2.87. The maximum Gasteiger partial charge on any atom is 0.319 e. The number of hydrogen-bond acceptors (Lipinski definition) is 3. The van der Waals surface area contributed by atoms with Gasteiger partial charge in [0.15, 0.2) is 0 Å². The fourth-order valence-corrected chi connectivity index (χ4v) is 2.11. The number of halogens is 2. The quantitative estimate of drug-likeness (QED) is 0.712. The second-order valence-corrected chi connectivity index (χ2v) is 5.47. The average Bonchev–Trinajstić information content (AvgIpc) is 3.17. The van der Waals surface area contributed by atoms with Crippen molar-refractivity contribution < 1.29 is 28.6 Å². The molecule has 21 heavy (non-hydrogen) atoms. The van der Waals surface area contributed by atoms with E-state index in [1.807, 2.05) is 0 Å². The van der Waals surface area contributed by atoms with E-state index in [0.29, 0.717) is 6.07 Å². The Morgan fingerprint density at radius 2 is 2.00 bits per heavy atom. The van der Waals surface area contributed by atoms with Crippen molar-refractivity contribution in [1.29, 1.82) is 0 Å². The molecule has 5 nitrogen and oxygen atoms in total. The summed E-state index contributed by atoms with van der Waals surface area (Å²) < 4.78 is 26.5. The minimum atomic E-state index is -1.78. The van der Waals surface area contributed by atoms with Crippen LogP contribution in [0, 0.1) is 17.0 Å². The highest BCUT2D eigenvalue weighted by molar-refractivity contribution is 6.04. The highest BCUT2D eigenvalue weighted by Crippen LogP contribution is 2.46. The van der Waals surface area contributed by atoms with Crippen LogP contribution in [0.4, 0.5) is 8.78 Å². The monoisotopic (exact) mass is 299 g/mol. The molecule has 1 aromatic rings. The summed E-state index contributed by atoms with van der Waals surface area (Å²) in [6.45, 7) is 0.882. The van der Waals surface area contributed by atoms with Gasteiger partial charge in [-0.15, -0.1) is 0 Å². The normalized spacial score (nSPS) is 18.7. The molecule has 1 atom stereocenters. The van der Waals surface area contributed by atoms with Crippen molar-refractivity contribution in [2.24, 2.45) is 5.41 Å². The van der Waals surface area contributed by atoms with Crippen molar-refractivity contribution in [3.63, 3.8) is 0 Å². The van der Waals surface area contributed by atoms with Crippen molar-refractivity contribution in [3.05, 3.63) is 35.4 Å². The number of nitrogens with one attached hydrogen (secondary N) is 1. The third-order valence-electron chi connectivity index (χ3n) is 3.70. The van der Waals surface area contributed by atoms with Gasteiger partial charge in [0.05, 0.1) is 6.54 Å². The fourth-order valence-electron chi connectivity index (χ4n) is 2.11. The predicted octanol–water partition coefficient (Wildman–Crippen LogP) is 1.15. The fraction of sp³-hybridized carbons (Fsp3) is 0.429. The van der Waals surface area contributed by atoms with E-state index in [-0.39, 0.29) is 24.9 Å². The second kappa shape index (κ2) is 5.07. The van der Waals surface area contributed by atoms with Crippen molar-refractivity contribution in [2.75, 3.05) is 6.54 Å². The summed E-state index contributed by atoms with van der Waals surface area (Å²) in [6.07, 6.45) is 0.475. The van der Waals surface area contributed by atoms with Gasteiger partial charge in [0.2, 0.25) is 5.91 Å². The van der Waals surface area contributed by atoms with E-state index >= 15 is 0 Å². The SMILES string of the molecule is C[C@@](O)(CNC(=O)C1(C(=O)O)CC1)c1ccc(F)cc1F. The molecule has 0 spiro atoms. The van der Waals surface area contributed by atoms with Crippen LogP contribution in [-0.4, -0.2) is 28.6 Å². The number of carbonyl (C=O) groups excluding carboxylic acids is 1. The molecule has 0 aromatic heterocycles. The molecule has 0 bridgehead atoms. The van der Waals surface area contributed by atoms with Gasteiger partial charge in [-0.05, 0) is 25.8 Å². The summed E-state index contributed by atoms with van der Waals surface area (Å²) in [7, 11) is 0. The van der Waals surface area contributed by atoms with E-state index in [4.69, 9.17) is 5.11 Å². The minimum absolute atomic E-state index is 0.177. The number of aliphatic carboxylic acids is 1. The molecule has 114 valence electrons. The van der Waals surface area contributed by atoms with Crippen molar-refractivity contribution >= 4 is 11.9 Å². The van der Waals surface area contributed by atoms with Crippen LogP contribution in [0.2, 0.25) is 0 Å². The Bertz CT molecular complexity index is 597. The zero-order valence-corrected chi connectivity index (χ0v) is 11.3. The van der Waals surface area contributed by atoms with Crippen LogP contribution in [-0.2, 0) is 15.2 Å². The number of rotatable bonds is 5. The molecule has 0 radical (unpaired) electrons. The third-order valence-corrected chi connectivity index (χ3v) is 3.70. The number of carbonyl (C=O) groups is 2. The number of aliphatic hydroxyl groups is 1. The van der Waals surface area contributed by atoms with Crippen LogP contribution in [0.1, 0.15) is 25.3 Å².